The maximum atomic E-state index is 12.9. The van der Waals surface area contributed by atoms with Crippen molar-refractivity contribution in [3.8, 4) is 5.75 Å². The molecule has 1 fully saturated rings. The van der Waals surface area contributed by atoms with E-state index in [-0.39, 0.29) is 4.90 Å². The molecule has 128 valence electrons. The van der Waals surface area contributed by atoms with Crippen LogP contribution in [0, 0.1) is 6.92 Å². The normalized spacial score (nSPS) is 19.2. The van der Waals surface area contributed by atoms with Crippen molar-refractivity contribution in [1.82, 2.24) is 14.9 Å². The molecule has 1 N–H and O–H groups in total. The first-order valence-electron chi connectivity index (χ1n) is 8.09. The number of hydrogen-bond acceptors (Lipinski definition) is 6. The van der Waals surface area contributed by atoms with Gasteiger partial charge in [0.25, 0.3) is 0 Å². The average molecular weight is 349 g/mol. The van der Waals surface area contributed by atoms with Gasteiger partial charge in [0.2, 0.25) is 15.9 Å². The molecule has 1 aromatic carbocycles. The number of benzene rings is 1. The Morgan fingerprint density at radius 1 is 1.25 bits per heavy atom. The third-order valence-corrected chi connectivity index (χ3v) is 6.25. The number of aromatic nitrogens is 2. The lowest BCUT2D eigenvalue weighted by Crippen LogP contribution is -2.44. The van der Waals surface area contributed by atoms with E-state index >= 15 is 0 Å². The van der Waals surface area contributed by atoms with Crippen molar-refractivity contribution in [1.29, 1.82) is 0 Å². The van der Waals surface area contributed by atoms with Gasteiger partial charge in [-0.1, -0.05) is 18.0 Å². The monoisotopic (exact) mass is 349 g/mol. The highest BCUT2D eigenvalue weighted by atomic mass is 32.2. The summed E-state index contributed by atoms with van der Waals surface area (Å²) in [6.45, 7) is 2.30. The van der Waals surface area contributed by atoms with Crippen LogP contribution in [-0.2, 0) is 22.0 Å². The summed E-state index contributed by atoms with van der Waals surface area (Å²) in [5.41, 5.74) is 0.139. The molecule has 0 bridgehead atoms. The van der Waals surface area contributed by atoms with Crippen molar-refractivity contribution in [2.45, 2.75) is 49.5 Å². The maximum absolute atomic E-state index is 12.9. The highest BCUT2D eigenvalue weighted by molar-refractivity contribution is 7.89. The molecule has 4 rings (SSSR count). The van der Waals surface area contributed by atoms with Crippen molar-refractivity contribution >= 4 is 10.0 Å². The van der Waals surface area contributed by atoms with Gasteiger partial charge in [-0.15, -0.1) is 0 Å². The number of ether oxygens (including phenoxy) is 1. The SMILES string of the molecule is Cc1nc(C2(NS(=O)(=O)c3ccc4c(c3)CCO4)CCCC2)no1. The van der Waals surface area contributed by atoms with Gasteiger partial charge in [-0.2, -0.15) is 9.71 Å². The number of rotatable bonds is 4. The van der Waals surface area contributed by atoms with Gasteiger partial charge >= 0.3 is 0 Å². The van der Waals surface area contributed by atoms with E-state index in [1.807, 2.05) is 0 Å². The van der Waals surface area contributed by atoms with Crippen molar-refractivity contribution in [2.24, 2.45) is 0 Å². The summed E-state index contributed by atoms with van der Waals surface area (Å²) >= 11 is 0. The highest BCUT2D eigenvalue weighted by Crippen LogP contribution is 2.39. The van der Waals surface area contributed by atoms with Crippen molar-refractivity contribution < 1.29 is 17.7 Å². The molecule has 8 heteroatoms. The Morgan fingerprint density at radius 2 is 2.04 bits per heavy atom. The number of fused-ring (bicyclic) bond motifs is 1. The molecule has 1 aromatic heterocycles. The van der Waals surface area contributed by atoms with E-state index in [1.54, 1.807) is 25.1 Å². The van der Waals surface area contributed by atoms with E-state index < -0.39 is 15.6 Å². The zero-order valence-corrected chi connectivity index (χ0v) is 14.2. The third kappa shape index (κ3) is 2.59. The lowest BCUT2D eigenvalue weighted by Gasteiger charge is -2.26. The van der Waals surface area contributed by atoms with Crippen molar-refractivity contribution in [2.75, 3.05) is 6.61 Å². The van der Waals surface area contributed by atoms with Crippen LogP contribution >= 0.6 is 0 Å². The van der Waals surface area contributed by atoms with Crippen molar-refractivity contribution in [3.05, 3.63) is 35.5 Å². The molecule has 0 radical (unpaired) electrons. The summed E-state index contributed by atoms with van der Waals surface area (Å²) in [4.78, 5) is 4.52. The van der Waals surface area contributed by atoms with Gasteiger partial charge in [-0.25, -0.2) is 8.42 Å². The van der Waals surface area contributed by atoms with Gasteiger partial charge in [0.05, 0.1) is 17.0 Å². The second-order valence-corrected chi connectivity index (χ2v) is 8.08. The number of sulfonamides is 1. The minimum atomic E-state index is -3.69. The molecule has 2 aliphatic rings. The molecule has 0 unspecified atom stereocenters. The first-order valence-corrected chi connectivity index (χ1v) is 9.57. The van der Waals surface area contributed by atoms with Crippen LogP contribution < -0.4 is 9.46 Å². The van der Waals surface area contributed by atoms with Gasteiger partial charge in [-0.3, -0.25) is 0 Å². The molecular formula is C16H19N3O4S. The Hall–Kier alpha value is -1.93. The third-order valence-electron chi connectivity index (χ3n) is 4.71. The summed E-state index contributed by atoms with van der Waals surface area (Å²) in [5, 5.41) is 3.97. The molecule has 2 heterocycles. The van der Waals surface area contributed by atoms with E-state index in [0.29, 0.717) is 31.2 Å². The molecule has 0 spiro atoms. The van der Waals surface area contributed by atoms with Gasteiger partial charge in [0.1, 0.15) is 5.75 Å². The van der Waals surface area contributed by atoms with Crippen LogP contribution in [0.25, 0.3) is 0 Å². The van der Waals surface area contributed by atoms with Crippen LogP contribution in [-0.4, -0.2) is 25.2 Å². The summed E-state index contributed by atoms with van der Waals surface area (Å²) < 4.78 is 39.2. The number of aryl methyl sites for hydroxylation is 1. The second-order valence-electron chi connectivity index (χ2n) is 6.40. The highest BCUT2D eigenvalue weighted by Gasteiger charge is 2.43. The van der Waals surface area contributed by atoms with E-state index in [1.165, 1.54) is 0 Å². The predicted octanol–water partition coefficient (Wildman–Crippen LogP) is 2.06. The molecule has 2 aromatic rings. The first kappa shape index (κ1) is 15.6. The lowest BCUT2D eigenvalue weighted by molar-refractivity contribution is 0.338. The Labute approximate surface area is 140 Å². The fraction of sp³-hybridized carbons (Fsp3) is 0.500. The largest absolute Gasteiger partial charge is 0.493 e. The van der Waals surface area contributed by atoms with E-state index in [4.69, 9.17) is 9.26 Å². The maximum Gasteiger partial charge on any atom is 0.241 e. The van der Waals surface area contributed by atoms with Crippen LogP contribution in [0.15, 0.2) is 27.6 Å². The fourth-order valence-electron chi connectivity index (χ4n) is 3.49. The summed E-state index contributed by atoms with van der Waals surface area (Å²) in [6.07, 6.45) is 3.91. The molecule has 7 nitrogen and oxygen atoms in total. The van der Waals surface area contributed by atoms with Crippen LogP contribution in [0.5, 0.6) is 5.75 Å². The number of nitrogens with zero attached hydrogens (tertiary/aromatic N) is 2. The van der Waals surface area contributed by atoms with E-state index in [9.17, 15) is 8.42 Å². The smallest absolute Gasteiger partial charge is 0.241 e. The Kier molecular flexibility index (Phi) is 3.61. The quantitative estimate of drug-likeness (QED) is 0.908. The van der Waals surface area contributed by atoms with Crippen molar-refractivity contribution in [3.63, 3.8) is 0 Å². The fourth-order valence-corrected chi connectivity index (χ4v) is 4.96. The predicted molar refractivity (Wildman–Crippen MR) is 85.1 cm³/mol. The Morgan fingerprint density at radius 3 is 2.75 bits per heavy atom. The summed E-state index contributed by atoms with van der Waals surface area (Å²) in [6, 6.07) is 4.99. The Balaban J connectivity index is 1.69. The second kappa shape index (κ2) is 5.56. The number of nitrogens with one attached hydrogen (secondary N) is 1. The molecule has 0 atom stereocenters. The molecule has 0 saturated heterocycles. The minimum Gasteiger partial charge on any atom is -0.493 e. The van der Waals surface area contributed by atoms with Crippen LogP contribution in [0.1, 0.15) is 43.0 Å². The van der Waals surface area contributed by atoms with Gasteiger partial charge in [-0.05, 0) is 36.6 Å². The van der Waals surface area contributed by atoms with E-state index in [2.05, 4.69) is 14.9 Å². The van der Waals surface area contributed by atoms with Crippen LogP contribution in [0.4, 0.5) is 0 Å². The molecule has 1 saturated carbocycles. The van der Waals surface area contributed by atoms with E-state index in [0.717, 1.165) is 30.6 Å². The molecule has 0 amide bonds. The lowest BCUT2D eigenvalue weighted by atomic mass is 9.98. The molecule has 1 aliphatic heterocycles. The zero-order chi connectivity index (χ0) is 16.8. The van der Waals surface area contributed by atoms with Gasteiger partial charge in [0, 0.05) is 13.3 Å². The molecule has 24 heavy (non-hydrogen) atoms. The number of hydrogen-bond donors (Lipinski definition) is 1. The average Bonchev–Trinajstić information content (AvgIpc) is 3.26. The van der Waals surface area contributed by atoms with Crippen LogP contribution in [0.2, 0.25) is 0 Å². The van der Waals surface area contributed by atoms with Crippen LogP contribution in [0.3, 0.4) is 0 Å². The molecule has 1 aliphatic carbocycles. The minimum absolute atomic E-state index is 0.248. The summed E-state index contributed by atoms with van der Waals surface area (Å²) in [7, 11) is -3.69. The van der Waals surface area contributed by atoms with Gasteiger partial charge in [0.15, 0.2) is 5.82 Å². The standard InChI is InChI=1S/C16H19N3O4S/c1-11-17-15(18-23-11)16(7-2-3-8-16)19-24(20,21)13-4-5-14-12(10-13)6-9-22-14/h4-5,10,19H,2-3,6-9H2,1H3. The molecular weight excluding hydrogens is 330 g/mol. The Bertz CT molecular complexity index is 869. The summed E-state index contributed by atoms with van der Waals surface area (Å²) in [5.74, 6) is 1.62. The first-order chi connectivity index (χ1) is 11.5. The zero-order valence-electron chi connectivity index (χ0n) is 13.4. The topological polar surface area (TPSA) is 94.3 Å². The van der Waals surface area contributed by atoms with Gasteiger partial charge < -0.3 is 9.26 Å².